The van der Waals surface area contributed by atoms with Crippen LogP contribution in [0.3, 0.4) is 0 Å². The van der Waals surface area contributed by atoms with E-state index in [1.807, 2.05) is 0 Å². The molecule has 82 valence electrons. The van der Waals surface area contributed by atoms with E-state index in [0.717, 1.165) is 0 Å². The van der Waals surface area contributed by atoms with Gasteiger partial charge in [-0.15, -0.1) is 0 Å². The zero-order chi connectivity index (χ0) is 11.6. The van der Waals surface area contributed by atoms with Crippen molar-refractivity contribution in [3.8, 4) is 0 Å². The predicted octanol–water partition coefficient (Wildman–Crippen LogP) is 0.214. The van der Waals surface area contributed by atoms with Gasteiger partial charge in [0.2, 0.25) is 0 Å². The first kappa shape index (κ1) is 11.6. The molecule has 0 unspecified atom stereocenters. The molecule has 0 atom stereocenters. The van der Waals surface area contributed by atoms with Gasteiger partial charge in [-0.2, -0.15) is 0 Å². The second-order valence-corrected chi connectivity index (χ2v) is 3.63. The van der Waals surface area contributed by atoms with E-state index in [4.69, 9.17) is 5.11 Å². The first-order valence-corrected chi connectivity index (χ1v) is 4.78. The van der Waals surface area contributed by atoms with Crippen LogP contribution in [0.5, 0.6) is 0 Å². The van der Waals surface area contributed by atoms with Gasteiger partial charge in [-0.25, -0.2) is 0 Å². The highest BCUT2D eigenvalue weighted by molar-refractivity contribution is 6.21. The summed E-state index contributed by atoms with van der Waals surface area (Å²) in [5.74, 6) is -4.82. The Hall–Kier alpha value is -1.52. The average Bonchev–Trinajstić information content (AvgIpc) is 2.16. The van der Waals surface area contributed by atoms with Crippen molar-refractivity contribution >= 4 is 23.3 Å². The molecule has 15 heavy (non-hydrogen) atoms. The lowest BCUT2D eigenvalue weighted by Gasteiger charge is -2.22. The van der Waals surface area contributed by atoms with Gasteiger partial charge in [0.15, 0.2) is 17.3 Å². The van der Waals surface area contributed by atoms with E-state index in [2.05, 4.69) is 0 Å². The van der Waals surface area contributed by atoms with Gasteiger partial charge in [0, 0.05) is 19.3 Å². The first-order chi connectivity index (χ1) is 6.97. The number of hydrogen-bond donors (Lipinski definition) is 1. The van der Waals surface area contributed by atoms with Crippen LogP contribution in [0.1, 0.15) is 26.2 Å². The molecule has 0 radical (unpaired) electrons. The third kappa shape index (κ3) is 2.29. The molecule has 1 saturated carbocycles. The summed E-state index contributed by atoms with van der Waals surface area (Å²) in [6.07, 6.45) is -0.297. The highest BCUT2D eigenvalue weighted by Gasteiger charge is 2.41. The summed E-state index contributed by atoms with van der Waals surface area (Å²) in [6.45, 7) is 1.58. The van der Waals surface area contributed by atoms with Gasteiger partial charge in [-0.3, -0.25) is 19.2 Å². The number of Topliss-reactive ketones (excluding diaryl/α,β-unsaturated/α-hetero) is 3. The van der Waals surface area contributed by atoms with Crippen LogP contribution in [-0.4, -0.2) is 28.4 Å². The summed E-state index contributed by atoms with van der Waals surface area (Å²) >= 11 is 0. The fourth-order valence-electron chi connectivity index (χ4n) is 1.71. The molecule has 0 aromatic rings. The number of carboxylic acids is 1. The summed E-state index contributed by atoms with van der Waals surface area (Å²) < 4.78 is 0. The topological polar surface area (TPSA) is 88.5 Å². The SMILES string of the molecule is CCC(=O)C1C(=O)CC(C(=O)O)CC1=O. The Kier molecular flexibility index (Phi) is 3.34. The number of ketones is 3. The van der Waals surface area contributed by atoms with E-state index in [-0.39, 0.29) is 19.3 Å². The zero-order valence-electron chi connectivity index (χ0n) is 8.36. The number of aliphatic carboxylic acids is 1. The molecule has 0 heterocycles. The second-order valence-electron chi connectivity index (χ2n) is 3.63. The molecular weight excluding hydrogens is 200 g/mol. The Bertz CT molecular complexity index is 313. The molecular formula is C10H12O5. The highest BCUT2D eigenvalue weighted by Crippen LogP contribution is 2.24. The van der Waals surface area contributed by atoms with Crippen LogP contribution in [0.2, 0.25) is 0 Å². The van der Waals surface area contributed by atoms with Crippen LogP contribution in [0, 0.1) is 11.8 Å². The molecule has 0 aromatic heterocycles. The Morgan fingerprint density at radius 3 is 2.07 bits per heavy atom. The fraction of sp³-hybridized carbons (Fsp3) is 0.600. The molecule has 0 aromatic carbocycles. The maximum Gasteiger partial charge on any atom is 0.307 e. The third-order valence-corrected chi connectivity index (χ3v) is 2.56. The van der Waals surface area contributed by atoms with Crippen molar-refractivity contribution in [3.05, 3.63) is 0 Å². The van der Waals surface area contributed by atoms with Crippen LogP contribution < -0.4 is 0 Å². The van der Waals surface area contributed by atoms with E-state index < -0.39 is 35.2 Å². The van der Waals surface area contributed by atoms with E-state index in [9.17, 15) is 19.2 Å². The maximum absolute atomic E-state index is 11.4. The van der Waals surface area contributed by atoms with Crippen LogP contribution in [0.25, 0.3) is 0 Å². The lowest BCUT2D eigenvalue weighted by molar-refractivity contribution is -0.152. The number of carbonyl (C=O) groups is 4. The molecule has 0 spiro atoms. The minimum atomic E-state index is -1.20. The maximum atomic E-state index is 11.4. The number of rotatable bonds is 3. The summed E-state index contributed by atoms with van der Waals surface area (Å²) in [5, 5.41) is 8.67. The third-order valence-electron chi connectivity index (χ3n) is 2.56. The van der Waals surface area contributed by atoms with Gasteiger partial charge in [0.25, 0.3) is 0 Å². The van der Waals surface area contributed by atoms with E-state index in [1.54, 1.807) is 6.92 Å². The van der Waals surface area contributed by atoms with Crippen molar-refractivity contribution in [3.63, 3.8) is 0 Å². The predicted molar refractivity (Wildman–Crippen MR) is 49.2 cm³/mol. The fourth-order valence-corrected chi connectivity index (χ4v) is 1.71. The lowest BCUT2D eigenvalue weighted by atomic mass is 9.77. The standard InChI is InChI=1S/C10H12O5/c1-2-6(11)9-7(12)3-5(10(14)15)4-8(9)13/h5,9H,2-4H2,1H3,(H,14,15). The average molecular weight is 212 g/mol. The monoisotopic (exact) mass is 212 g/mol. The van der Waals surface area contributed by atoms with Crippen LogP contribution in [0.4, 0.5) is 0 Å². The Morgan fingerprint density at radius 1 is 1.27 bits per heavy atom. The molecule has 1 rings (SSSR count). The van der Waals surface area contributed by atoms with Crippen molar-refractivity contribution in [1.29, 1.82) is 0 Å². The minimum absolute atomic E-state index is 0.125. The van der Waals surface area contributed by atoms with Gasteiger partial charge in [0.05, 0.1) is 5.92 Å². The van der Waals surface area contributed by atoms with E-state index >= 15 is 0 Å². The van der Waals surface area contributed by atoms with Crippen molar-refractivity contribution in [2.75, 3.05) is 0 Å². The van der Waals surface area contributed by atoms with Crippen LogP contribution >= 0.6 is 0 Å². The molecule has 1 aliphatic rings. The summed E-state index contributed by atoms with van der Waals surface area (Å²) in [4.78, 5) is 44.7. The summed E-state index contributed by atoms with van der Waals surface area (Å²) in [6, 6.07) is 0. The molecule has 0 amide bonds. The number of carboxylic acid groups (broad SMARTS) is 1. The molecule has 0 saturated heterocycles. The highest BCUT2D eigenvalue weighted by atomic mass is 16.4. The summed E-state index contributed by atoms with van der Waals surface area (Å²) in [5.41, 5.74) is 0. The molecule has 0 aliphatic heterocycles. The van der Waals surface area contributed by atoms with Gasteiger partial charge in [0.1, 0.15) is 5.92 Å². The lowest BCUT2D eigenvalue weighted by Crippen LogP contribution is -2.40. The molecule has 1 aliphatic carbocycles. The largest absolute Gasteiger partial charge is 0.481 e. The van der Waals surface area contributed by atoms with Crippen molar-refractivity contribution in [1.82, 2.24) is 0 Å². The van der Waals surface area contributed by atoms with Crippen LogP contribution in [0.15, 0.2) is 0 Å². The molecule has 5 nitrogen and oxygen atoms in total. The zero-order valence-corrected chi connectivity index (χ0v) is 8.36. The van der Waals surface area contributed by atoms with Gasteiger partial charge >= 0.3 is 5.97 Å². The second kappa shape index (κ2) is 4.33. The Balaban J connectivity index is 2.82. The Morgan fingerprint density at radius 2 is 1.73 bits per heavy atom. The smallest absolute Gasteiger partial charge is 0.307 e. The van der Waals surface area contributed by atoms with Crippen LogP contribution in [-0.2, 0) is 19.2 Å². The Labute approximate surface area is 86.5 Å². The van der Waals surface area contributed by atoms with E-state index in [0.29, 0.717) is 0 Å². The molecule has 1 N–H and O–H groups in total. The van der Waals surface area contributed by atoms with Crippen molar-refractivity contribution in [2.45, 2.75) is 26.2 Å². The van der Waals surface area contributed by atoms with Gasteiger partial charge in [-0.1, -0.05) is 6.92 Å². The molecule has 5 heteroatoms. The quantitative estimate of drug-likeness (QED) is 0.676. The van der Waals surface area contributed by atoms with Crippen molar-refractivity contribution < 1.29 is 24.3 Å². The molecule has 0 bridgehead atoms. The minimum Gasteiger partial charge on any atom is -0.481 e. The normalized spacial score (nSPS) is 26.5. The summed E-state index contributed by atoms with van der Waals surface area (Å²) in [7, 11) is 0. The van der Waals surface area contributed by atoms with Gasteiger partial charge in [-0.05, 0) is 0 Å². The number of carbonyl (C=O) groups excluding carboxylic acids is 3. The molecule has 1 fully saturated rings. The van der Waals surface area contributed by atoms with E-state index in [1.165, 1.54) is 0 Å². The van der Waals surface area contributed by atoms with Crippen molar-refractivity contribution in [2.24, 2.45) is 11.8 Å². The first-order valence-electron chi connectivity index (χ1n) is 4.78. The van der Waals surface area contributed by atoms with Gasteiger partial charge < -0.3 is 5.11 Å². The number of hydrogen-bond acceptors (Lipinski definition) is 4.